The highest BCUT2D eigenvalue weighted by Crippen LogP contribution is 2.33. The molecule has 1 aromatic heterocycles. The van der Waals surface area contributed by atoms with Crippen molar-refractivity contribution in [3.8, 4) is 17.0 Å². The first-order valence-corrected chi connectivity index (χ1v) is 11.0. The molecule has 0 aliphatic heterocycles. The number of aromatic nitrogens is 1. The van der Waals surface area contributed by atoms with Gasteiger partial charge in [-0.15, -0.1) is 0 Å². The number of nitrogens with one attached hydrogen (secondary N) is 2. The topological polar surface area (TPSA) is 93.5 Å². The molecule has 2 amide bonds. The first-order chi connectivity index (χ1) is 15.9. The first-order valence-electron chi connectivity index (χ1n) is 10.6. The Bertz CT molecular complexity index is 1140. The van der Waals surface area contributed by atoms with Gasteiger partial charge in [-0.25, -0.2) is 4.39 Å². The second-order valence-electron chi connectivity index (χ2n) is 7.84. The fourth-order valence-electron chi connectivity index (χ4n) is 3.34. The van der Waals surface area contributed by atoms with E-state index in [1.165, 1.54) is 18.2 Å². The number of carbonyl (C=O) groups is 2. The average Bonchev–Trinajstić information content (AvgIpc) is 3.52. The monoisotopic (exact) mass is 471 g/mol. The number of benzene rings is 2. The maximum absolute atomic E-state index is 14.3. The molecule has 3 aromatic rings. The number of hydrogen-bond donors (Lipinski definition) is 2. The molecule has 7 nitrogen and oxygen atoms in total. The van der Waals surface area contributed by atoms with Crippen LogP contribution in [0.4, 0.5) is 4.39 Å². The number of halogens is 2. The minimum Gasteiger partial charge on any atom is -0.484 e. The normalized spacial score (nSPS) is 12.9. The number of carbonyl (C=O) groups excluding carboxylic acids is 2. The van der Waals surface area contributed by atoms with Gasteiger partial charge in [-0.3, -0.25) is 9.59 Å². The minimum atomic E-state index is -0.586. The van der Waals surface area contributed by atoms with Crippen molar-refractivity contribution in [1.29, 1.82) is 0 Å². The zero-order chi connectivity index (χ0) is 23.4. The molecular weight excluding hydrogens is 449 g/mol. The SMILES string of the molecule is Cc1onc(-c2c(F)cccc2Cl)c1C(=O)NCCc1ccc(OCC(=O)NC2CC2)cc1. The molecular formula is C24H23ClFN3O4. The van der Waals surface area contributed by atoms with Gasteiger partial charge in [-0.1, -0.05) is 35.0 Å². The lowest BCUT2D eigenvalue weighted by molar-refractivity contribution is -0.123. The predicted octanol–water partition coefficient (Wildman–Crippen LogP) is 4.07. The molecule has 172 valence electrons. The van der Waals surface area contributed by atoms with Gasteiger partial charge in [0.25, 0.3) is 11.8 Å². The van der Waals surface area contributed by atoms with E-state index in [-0.39, 0.29) is 40.1 Å². The van der Waals surface area contributed by atoms with E-state index in [4.69, 9.17) is 20.9 Å². The van der Waals surface area contributed by atoms with Gasteiger partial charge in [0.05, 0.1) is 10.6 Å². The molecule has 1 heterocycles. The Hall–Kier alpha value is -3.39. The third-order valence-electron chi connectivity index (χ3n) is 5.22. The Labute approximate surface area is 195 Å². The zero-order valence-corrected chi connectivity index (χ0v) is 18.7. The Morgan fingerprint density at radius 2 is 1.97 bits per heavy atom. The summed E-state index contributed by atoms with van der Waals surface area (Å²) in [7, 11) is 0. The molecule has 1 aliphatic carbocycles. The van der Waals surface area contributed by atoms with Gasteiger partial charge in [0, 0.05) is 12.6 Å². The predicted molar refractivity (Wildman–Crippen MR) is 121 cm³/mol. The third-order valence-corrected chi connectivity index (χ3v) is 5.54. The van der Waals surface area contributed by atoms with Gasteiger partial charge in [0.15, 0.2) is 6.61 Å². The van der Waals surface area contributed by atoms with E-state index in [0.717, 1.165) is 18.4 Å². The van der Waals surface area contributed by atoms with Crippen LogP contribution in [0.2, 0.25) is 5.02 Å². The van der Waals surface area contributed by atoms with Gasteiger partial charge in [-0.05, 0) is 56.0 Å². The van der Waals surface area contributed by atoms with Crippen molar-refractivity contribution in [2.75, 3.05) is 13.2 Å². The van der Waals surface area contributed by atoms with Gasteiger partial charge >= 0.3 is 0 Å². The molecule has 0 saturated heterocycles. The zero-order valence-electron chi connectivity index (χ0n) is 18.0. The summed E-state index contributed by atoms with van der Waals surface area (Å²) in [6.07, 6.45) is 2.63. The number of nitrogens with zero attached hydrogens (tertiary/aromatic N) is 1. The molecule has 1 fully saturated rings. The second kappa shape index (κ2) is 10.0. The van der Waals surface area contributed by atoms with Crippen molar-refractivity contribution in [3.63, 3.8) is 0 Å². The van der Waals surface area contributed by atoms with Crippen LogP contribution in [0.1, 0.15) is 34.5 Å². The average molecular weight is 472 g/mol. The summed E-state index contributed by atoms with van der Waals surface area (Å²) in [6.45, 7) is 1.92. The minimum absolute atomic E-state index is 0.0155. The van der Waals surface area contributed by atoms with Crippen LogP contribution in [-0.4, -0.2) is 36.2 Å². The molecule has 0 atom stereocenters. The molecule has 0 spiro atoms. The van der Waals surface area contributed by atoms with Gasteiger partial charge < -0.3 is 19.9 Å². The van der Waals surface area contributed by atoms with Crippen LogP contribution >= 0.6 is 11.6 Å². The summed E-state index contributed by atoms with van der Waals surface area (Å²) < 4.78 is 25.0. The van der Waals surface area contributed by atoms with Crippen molar-refractivity contribution >= 4 is 23.4 Å². The van der Waals surface area contributed by atoms with Gasteiger partial charge in [0.2, 0.25) is 0 Å². The van der Waals surface area contributed by atoms with Crippen molar-refractivity contribution < 1.29 is 23.2 Å². The molecule has 9 heteroatoms. The Balaban J connectivity index is 1.32. The molecule has 2 aromatic carbocycles. The number of rotatable bonds is 9. The summed E-state index contributed by atoms with van der Waals surface area (Å²) in [5.41, 5.74) is 1.22. The summed E-state index contributed by atoms with van der Waals surface area (Å²) >= 11 is 6.13. The van der Waals surface area contributed by atoms with Gasteiger partial charge in [0.1, 0.15) is 28.6 Å². The van der Waals surface area contributed by atoms with Crippen molar-refractivity contribution in [2.45, 2.75) is 32.2 Å². The van der Waals surface area contributed by atoms with Gasteiger partial charge in [-0.2, -0.15) is 0 Å². The van der Waals surface area contributed by atoms with E-state index in [9.17, 15) is 14.0 Å². The summed E-state index contributed by atoms with van der Waals surface area (Å²) in [5.74, 6) is -0.263. The molecule has 1 saturated carbocycles. The second-order valence-corrected chi connectivity index (χ2v) is 8.25. The van der Waals surface area contributed by atoms with Crippen LogP contribution in [0, 0.1) is 12.7 Å². The van der Waals surface area contributed by atoms with E-state index in [0.29, 0.717) is 24.8 Å². The lowest BCUT2D eigenvalue weighted by Crippen LogP contribution is -2.30. The molecule has 33 heavy (non-hydrogen) atoms. The molecule has 0 unspecified atom stereocenters. The maximum atomic E-state index is 14.3. The molecule has 1 aliphatic rings. The maximum Gasteiger partial charge on any atom is 0.258 e. The fraction of sp³-hybridized carbons (Fsp3) is 0.292. The number of aryl methyl sites for hydroxylation is 1. The van der Waals surface area contributed by atoms with E-state index in [1.54, 1.807) is 19.1 Å². The van der Waals surface area contributed by atoms with Crippen molar-refractivity contribution in [1.82, 2.24) is 15.8 Å². The highest BCUT2D eigenvalue weighted by Gasteiger charge is 2.25. The van der Waals surface area contributed by atoms with Crippen LogP contribution in [0.25, 0.3) is 11.3 Å². The Kier molecular flexibility index (Phi) is 6.93. The van der Waals surface area contributed by atoms with E-state index in [1.807, 2.05) is 12.1 Å². The first kappa shape index (κ1) is 22.8. The summed E-state index contributed by atoms with van der Waals surface area (Å²) in [6, 6.07) is 11.9. The summed E-state index contributed by atoms with van der Waals surface area (Å²) in [5, 5.41) is 9.67. The molecule has 0 radical (unpaired) electrons. The highest BCUT2D eigenvalue weighted by atomic mass is 35.5. The Morgan fingerprint density at radius 1 is 1.21 bits per heavy atom. The molecule has 4 rings (SSSR count). The van der Waals surface area contributed by atoms with Crippen molar-refractivity contribution in [2.24, 2.45) is 0 Å². The van der Waals surface area contributed by atoms with E-state index in [2.05, 4.69) is 15.8 Å². The molecule has 2 N–H and O–H groups in total. The quantitative estimate of drug-likeness (QED) is 0.490. The lowest BCUT2D eigenvalue weighted by Gasteiger charge is -2.09. The highest BCUT2D eigenvalue weighted by molar-refractivity contribution is 6.33. The molecule has 0 bridgehead atoms. The number of ether oxygens (including phenoxy) is 1. The number of hydrogen-bond acceptors (Lipinski definition) is 5. The van der Waals surface area contributed by atoms with Crippen LogP contribution in [0.15, 0.2) is 47.0 Å². The number of amides is 2. The van der Waals surface area contributed by atoms with E-state index < -0.39 is 11.7 Å². The standard InChI is InChI=1S/C24H23ClFN3O4/c1-14-21(23(29-33-14)22-18(25)3-2-4-19(22)26)24(31)27-12-11-15-5-9-17(10-6-15)32-13-20(30)28-16-7-8-16/h2-6,9-10,16H,7-8,11-13H2,1H3,(H,27,31)(H,28,30). The smallest absolute Gasteiger partial charge is 0.258 e. The summed E-state index contributed by atoms with van der Waals surface area (Å²) in [4.78, 5) is 24.5. The third kappa shape index (κ3) is 5.70. The van der Waals surface area contributed by atoms with Crippen LogP contribution in [-0.2, 0) is 11.2 Å². The van der Waals surface area contributed by atoms with E-state index >= 15 is 0 Å². The van der Waals surface area contributed by atoms with Crippen LogP contribution in [0.3, 0.4) is 0 Å². The van der Waals surface area contributed by atoms with Crippen LogP contribution in [0.5, 0.6) is 5.75 Å². The fourth-order valence-corrected chi connectivity index (χ4v) is 3.59. The lowest BCUT2D eigenvalue weighted by atomic mass is 10.0. The Morgan fingerprint density at radius 3 is 2.67 bits per heavy atom. The van der Waals surface area contributed by atoms with Crippen molar-refractivity contribution in [3.05, 3.63) is 70.2 Å². The largest absolute Gasteiger partial charge is 0.484 e. The van der Waals surface area contributed by atoms with Crippen LogP contribution < -0.4 is 15.4 Å².